The predicted molar refractivity (Wildman–Crippen MR) is 112 cm³/mol. The summed E-state index contributed by atoms with van der Waals surface area (Å²) in [7, 11) is 0. The zero-order valence-electron chi connectivity index (χ0n) is 16.6. The van der Waals surface area contributed by atoms with E-state index >= 15 is 0 Å². The van der Waals surface area contributed by atoms with Gasteiger partial charge in [-0.05, 0) is 66.3 Å². The topological polar surface area (TPSA) is 0 Å². The van der Waals surface area contributed by atoms with Gasteiger partial charge < -0.3 is 0 Å². The molecule has 2 aliphatic carbocycles. The molecule has 148 valence electrons. The molecule has 0 amide bonds. The molecule has 2 aromatic carbocycles. The average molecular weight is 381 g/mol. The molecular weight excluding hydrogens is 350 g/mol. The van der Waals surface area contributed by atoms with Crippen molar-refractivity contribution in [2.75, 3.05) is 0 Å². The van der Waals surface area contributed by atoms with Crippen molar-refractivity contribution >= 4 is 0 Å². The van der Waals surface area contributed by atoms with Crippen molar-refractivity contribution in [3.05, 3.63) is 72.3 Å². The van der Waals surface area contributed by atoms with Crippen LogP contribution in [0.3, 0.4) is 0 Å². The minimum Gasteiger partial charge on any atom is -0.204 e. The van der Waals surface area contributed by atoms with Crippen LogP contribution in [0, 0.1) is 23.5 Å². The molecule has 2 fully saturated rings. The van der Waals surface area contributed by atoms with Crippen LogP contribution in [0.25, 0.3) is 11.1 Å². The third kappa shape index (κ3) is 3.79. The lowest BCUT2D eigenvalue weighted by molar-refractivity contribution is 0.166. The van der Waals surface area contributed by atoms with Crippen LogP contribution in [-0.2, 0) is 5.41 Å². The fourth-order valence-corrected chi connectivity index (χ4v) is 5.51. The highest BCUT2D eigenvalue weighted by Crippen LogP contribution is 2.47. The maximum absolute atomic E-state index is 13.6. The molecule has 2 aliphatic rings. The van der Waals surface area contributed by atoms with Gasteiger partial charge in [-0.2, -0.15) is 0 Å². The highest BCUT2D eigenvalue weighted by atomic mass is 19.2. The summed E-state index contributed by atoms with van der Waals surface area (Å²) in [6, 6.07) is 12.4. The van der Waals surface area contributed by atoms with Crippen LogP contribution in [0.15, 0.2) is 55.1 Å². The zero-order valence-corrected chi connectivity index (χ0v) is 16.6. The summed E-state index contributed by atoms with van der Waals surface area (Å²) in [5.41, 5.74) is 2.98. The van der Waals surface area contributed by atoms with Crippen molar-refractivity contribution in [3.8, 4) is 11.1 Å². The summed E-state index contributed by atoms with van der Waals surface area (Å²) < 4.78 is 26.7. The number of hydrogen-bond acceptors (Lipinski definition) is 0. The molecule has 2 aromatic rings. The Morgan fingerprint density at radius 3 is 1.96 bits per heavy atom. The molecule has 4 rings (SSSR count). The zero-order chi connectivity index (χ0) is 19.6. The van der Waals surface area contributed by atoms with Crippen LogP contribution in [0.4, 0.5) is 8.78 Å². The molecule has 0 saturated heterocycles. The van der Waals surface area contributed by atoms with E-state index in [0.29, 0.717) is 5.56 Å². The first-order valence-corrected chi connectivity index (χ1v) is 10.8. The van der Waals surface area contributed by atoms with Gasteiger partial charge in [0.05, 0.1) is 0 Å². The predicted octanol–water partition coefficient (Wildman–Crippen LogP) is 7.83. The van der Waals surface area contributed by atoms with E-state index in [9.17, 15) is 8.78 Å². The molecule has 0 radical (unpaired) electrons. The number of allylic oxidation sites excluding steroid dienone is 1. The number of rotatable bonds is 4. The second-order valence-electron chi connectivity index (χ2n) is 8.80. The van der Waals surface area contributed by atoms with E-state index in [1.807, 2.05) is 12.1 Å². The maximum atomic E-state index is 13.6. The van der Waals surface area contributed by atoms with Crippen LogP contribution >= 0.6 is 0 Å². The maximum Gasteiger partial charge on any atom is 0.159 e. The summed E-state index contributed by atoms with van der Waals surface area (Å²) in [5, 5.41) is 0. The first-order chi connectivity index (χ1) is 13.6. The molecule has 2 heteroatoms. The lowest BCUT2D eigenvalue weighted by Crippen LogP contribution is -2.32. The van der Waals surface area contributed by atoms with Gasteiger partial charge in [0, 0.05) is 5.41 Å². The van der Waals surface area contributed by atoms with Gasteiger partial charge in [0.2, 0.25) is 0 Å². The van der Waals surface area contributed by atoms with E-state index in [0.717, 1.165) is 17.4 Å². The Balaban J connectivity index is 1.49. The standard InChI is InChI=1S/C26H30F2/c1-2-26(16-14-21(15-17-26)19-6-4-3-5-7-19)23-11-8-20(9-12-23)22-10-13-24(27)25(28)18-22/h2,8-13,18-19,21H,1,3-7,14-17H2/t21-,26-. The van der Waals surface area contributed by atoms with Crippen LogP contribution in [0.1, 0.15) is 63.4 Å². The lowest BCUT2D eigenvalue weighted by atomic mass is 9.63. The van der Waals surface area contributed by atoms with E-state index in [2.05, 4.69) is 24.8 Å². The largest absolute Gasteiger partial charge is 0.204 e. The fourth-order valence-electron chi connectivity index (χ4n) is 5.51. The Morgan fingerprint density at radius 1 is 0.750 bits per heavy atom. The Bertz CT molecular complexity index is 807. The van der Waals surface area contributed by atoms with Crippen molar-refractivity contribution in [1.29, 1.82) is 0 Å². The van der Waals surface area contributed by atoms with E-state index in [1.165, 1.54) is 75.5 Å². The molecule has 28 heavy (non-hydrogen) atoms. The Kier molecular flexibility index (Phi) is 5.66. The highest BCUT2D eigenvalue weighted by Gasteiger charge is 2.37. The molecule has 0 nitrogen and oxygen atoms in total. The summed E-state index contributed by atoms with van der Waals surface area (Å²) in [6.07, 6.45) is 14.2. The van der Waals surface area contributed by atoms with Crippen LogP contribution < -0.4 is 0 Å². The molecule has 0 heterocycles. The molecule has 0 N–H and O–H groups in total. The van der Waals surface area contributed by atoms with Crippen molar-refractivity contribution in [1.82, 2.24) is 0 Å². The molecular formula is C26H30F2. The van der Waals surface area contributed by atoms with E-state index in [-0.39, 0.29) is 5.41 Å². The second kappa shape index (κ2) is 8.19. The third-order valence-electron chi connectivity index (χ3n) is 7.34. The molecule has 0 bridgehead atoms. The molecule has 0 spiro atoms. The minimum absolute atomic E-state index is 0.0533. The van der Waals surface area contributed by atoms with Crippen molar-refractivity contribution in [3.63, 3.8) is 0 Å². The lowest BCUT2D eigenvalue weighted by Gasteiger charge is -2.42. The van der Waals surface area contributed by atoms with Gasteiger partial charge in [-0.15, -0.1) is 6.58 Å². The molecule has 0 aliphatic heterocycles. The van der Waals surface area contributed by atoms with Crippen LogP contribution in [-0.4, -0.2) is 0 Å². The van der Waals surface area contributed by atoms with Gasteiger partial charge in [0.25, 0.3) is 0 Å². The highest BCUT2D eigenvalue weighted by molar-refractivity contribution is 5.64. The van der Waals surface area contributed by atoms with Gasteiger partial charge in [-0.25, -0.2) is 8.78 Å². The molecule has 0 unspecified atom stereocenters. The first-order valence-electron chi connectivity index (χ1n) is 10.8. The Hall–Kier alpha value is -1.96. The minimum atomic E-state index is -0.805. The van der Waals surface area contributed by atoms with E-state index in [4.69, 9.17) is 0 Å². The summed E-state index contributed by atoms with van der Waals surface area (Å²) >= 11 is 0. The van der Waals surface area contributed by atoms with Crippen molar-refractivity contribution in [2.45, 2.75) is 63.2 Å². The average Bonchev–Trinajstić information content (AvgIpc) is 2.76. The molecule has 0 atom stereocenters. The van der Waals surface area contributed by atoms with Crippen LogP contribution in [0.2, 0.25) is 0 Å². The van der Waals surface area contributed by atoms with Crippen molar-refractivity contribution in [2.24, 2.45) is 11.8 Å². The number of benzene rings is 2. The summed E-state index contributed by atoms with van der Waals surface area (Å²) in [4.78, 5) is 0. The quantitative estimate of drug-likeness (QED) is 0.474. The summed E-state index contributed by atoms with van der Waals surface area (Å²) in [6.45, 7) is 4.18. The van der Waals surface area contributed by atoms with E-state index < -0.39 is 11.6 Å². The van der Waals surface area contributed by atoms with E-state index in [1.54, 1.807) is 6.07 Å². The molecule has 2 saturated carbocycles. The smallest absolute Gasteiger partial charge is 0.159 e. The Morgan fingerprint density at radius 2 is 1.36 bits per heavy atom. The van der Waals surface area contributed by atoms with Gasteiger partial charge in [-0.3, -0.25) is 0 Å². The first kappa shape index (κ1) is 19.4. The van der Waals surface area contributed by atoms with Gasteiger partial charge in [0.1, 0.15) is 0 Å². The Labute approximate surface area is 167 Å². The molecule has 0 aromatic heterocycles. The third-order valence-corrected chi connectivity index (χ3v) is 7.34. The second-order valence-corrected chi connectivity index (χ2v) is 8.80. The fraction of sp³-hybridized carbons (Fsp3) is 0.462. The SMILES string of the molecule is C=C[C@]1(c2ccc(-c3ccc(F)c(F)c3)cc2)CC[C@H](C2CCCCC2)CC1. The van der Waals surface area contributed by atoms with Crippen LogP contribution in [0.5, 0.6) is 0 Å². The van der Waals surface area contributed by atoms with Gasteiger partial charge in [0.15, 0.2) is 11.6 Å². The number of hydrogen-bond donors (Lipinski definition) is 0. The number of halogens is 2. The van der Waals surface area contributed by atoms with Gasteiger partial charge in [-0.1, -0.05) is 68.5 Å². The van der Waals surface area contributed by atoms with Crippen molar-refractivity contribution < 1.29 is 8.78 Å². The normalized spacial score (nSPS) is 26.1. The summed E-state index contributed by atoms with van der Waals surface area (Å²) in [5.74, 6) is 0.216. The monoisotopic (exact) mass is 380 g/mol. The van der Waals surface area contributed by atoms with Gasteiger partial charge >= 0.3 is 0 Å².